The molecule has 112 valence electrons. The highest BCUT2D eigenvalue weighted by Crippen LogP contribution is 2.33. The van der Waals surface area contributed by atoms with Crippen molar-refractivity contribution in [1.29, 1.82) is 0 Å². The fourth-order valence-electron chi connectivity index (χ4n) is 2.55. The second kappa shape index (κ2) is 5.02. The van der Waals surface area contributed by atoms with Gasteiger partial charge in [0, 0.05) is 6.07 Å². The van der Waals surface area contributed by atoms with E-state index in [2.05, 4.69) is 10.3 Å². The summed E-state index contributed by atoms with van der Waals surface area (Å²) in [7, 11) is 0. The number of rotatable bonds is 3. The molecular formula is C12H14N4O5. The minimum Gasteiger partial charge on any atom is -0.388 e. The lowest BCUT2D eigenvalue weighted by Crippen LogP contribution is -2.31. The summed E-state index contributed by atoms with van der Waals surface area (Å²) >= 11 is 0. The Balaban J connectivity index is 2.06. The van der Waals surface area contributed by atoms with Gasteiger partial charge in [-0.3, -0.25) is 10.1 Å². The third-order valence-electron chi connectivity index (χ3n) is 3.66. The van der Waals surface area contributed by atoms with Crippen LogP contribution in [0.5, 0.6) is 0 Å². The van der Waals surface area contributed by atoms with Crippen molar-refractivity contribution < 1.29 is 19.9 Å². The molecule has 0 unspecified atom stereocenters. The van der Waals surface area contributed by atoms with Crippen LogP contribution in [0.4, 0.5) is 5.69 Å². The fourth-order valence-corrected chi connectivity index (χ4v) is 2.55. The van der Waals surface area contributed by atoms with Crippen LogP contribution in [0.15, 0.2) is 18.2 Å². The van der Waals surface area contributed by atoms with E-state index < -0.39 is 29.5 Å². The van der Waals surface area contributed by atoms with Gasteiger partial charge in [-0.1, -0.05) is 18.2 Å². The van der Waals surface area contributed by atoms with Crippen LogP contribution < -0.4 is 0 Å². The summed E-state index contributed by atoms with van der Waals surface area (Å²) in [5.74, 6) is 0. The number of aliphatic hydroxyl groups is 2. The number of nitro benzene ring substituents is 1. The Morgan fingerprint density at radius 2 is 2.19 bits per heavy atom. The summed E-state index contributed by atoms with van der Waals surface area (Å²) in [6.45, 7) is 1.83. The number of aromatic nitrogens is 3. The molecule has 3 rings (SSSR count). The maximum Gasteiger partial charge on any atom is 0.299 e. The molecule has 0 aliphatic carbocycles. The zero-order chi connectivity index (χ0) is 15.1. The van der Waals surface area contributed by atoms with Crippen LogP contribution in [0.2, 0.25) is 0 Å². The zero-order valence-corrected chi connectivity index (χ0v) is 11.2. The average molecular weight is 294 g/mol. The van der Waals surface area contributed by atoms with Gasteiger partial charge in [-0.05, 0) is 12.5 Å². The topological polar surface area (TPSA) is 124 Å². The highest BCUT2D eigenvalue weighted by Gasteiger charge is 2.44. The first-order valence-electron chi connectivity index (χ1n) is 6.54. The molecule has 9 heteroatoms. The molecular weight excluding hydrogens is 280 g/mol. The van der Waals surface area contributed by atoms with Crippen molar-refractivity contribution in [2.24, 2.45) is 0 Å². The van der Waals surface area contributed by atoms with E-state index >= 15 is 0 Å². The lowest BCUT2D eigenvalue weighted by molar-refractivity contribution is -0.383. The highest BCUT2D eigenvalue weighted by molar-refractivity contribution is 5.83. The molecule has 1 aliphatic heterocycles. The van der Waals surface area contributed by atoms with Crippen LogP contribution in [-0.2, 0) is 4.74 Å². The molecule has 9 nitrogen and oxygen atoms in total. The van der Waals surface area contributed by atoms with Gasteiger partial charge in [0.05, 0.1) is 16.5 Å². The molecule has 0 spiro atoms. The van der Waals surface area contributed by atoms with Gasteiger partial charge in [0.1, 0.15) is 12.2 Å². The minimum absolute atomic E-state index is 0.118. The van der Waals surface area contributed by atoms with Crippen LogP contribution in [0.25, 0.3) is 11.0 Å². The van der Waals surface area contributed by atoms with E-state index in [0.29, 0.717) is 11.9 Å². The van der Waals surface area contributed by atoms with E-state index in [-0.39, 0.29) is 11.2 Å². The number of fused-ring (bicyclic) bond motifs is 1. The maximum atomic E-state index is 11.0. The van der Waals surface area contributed by atoms with Crippen molar-refractivity contribution in [3.8, 4) is 0 Å². The van der Waals surface area contributed by atoms with E-state index in [0.717, 1.165) is 0 Å². The number of nitrogens with zero attached hydrogens (tertiary/aromatic N) is 4. The molecule has 1 saturated heterocycles. The van der Waals surface area contributed by atoms with Crippen molar-refractivity contribution >= 4 is 16.7 Å². The van der Waals surface area contributed by atoms with E-state index in [9.17, 15) is 20.3 Å². The van der Waals surface area contributed by atoms with E-state index in [1.165, 1.54) is 16.8 Å². The minimum atomic E-state index is -1.17. The maximum absolute atomic E-state index is 11.0. The van der Waals surface area contributed by atoms with E-state index in [4.69, 9.17) is 4.74 Å². The molecule has 2 aromatic rings. The summed E-state index contributed by atoms with van der Waals surface area (Å²) in [5.41, 5.74) is 0.323. The monoisotopic (exact) mass is 294 g/mol. The Morgan fingerprint density at radius 1 is 1.43 bits per heavy atom. The third-order valence-corrected chi connectivity index (χ3v) is 3.66. The largest absolute Gasteiger partial charge is 0.388 e. The van der Waals surface area contributed by atoms with Gasteiger partial charge < -0.3 is 14.9 Å². The second-order valence-corrected chi connectivity index (χ2v) is 4.89. The van der Waals surface area contributed by atoms with Gasteiger partial charge >= 0.3 is 0 Å². The molecule has 0 amide bonds. The number of hydrogen-bond donors (Lipinski definition) is 2. The normalized spacial score (nSPS) is 29.1. The number of ether oxygens (including phenoxy) is 1. The number of benzene rings is 1. The van der Waals surface area contributed by atoms with Crippen molar-refractivity contribution in [2.45, 2.75) is 37.9 Å². The number of aliphatic hydroxyl groups excluding tert-OH is 2. The first-order chi connectivity index (χ1) is 10.0. The summed E-state index contributed by atoms with van der Waals surface area (Å²) in [6, 6.07) is 4.44. The lowest BCUT2D eigenvalue weighted by atomic mass is 10.1. The molecule has 2 N–H and O–H groups in total. The van der Waals surface area contributed by atoms with Gasteiger partial charge in [0.2, 0.25) is 0 Å². The summed E-state index contributed by atoms with van der Waals surface area (Å²) in [4.78, 5) is 10.4. The standard InChI is InChI=1S/C12H14N4O5/c1-2-8-10(17)11(18)12(21-8)15-6-4-3-5-7(16(19)20)9(6)13-14-15/h3-5,8,10-12,17-18H,2H2,1H3/t8-,10-,11-,12-/m1/s1. The summed E-state index contributed by atoms with van der Waals surface area (Å²) in [6.07, 6.45) is -3.10. The molecule has 21 heavy (non-hydrogen) atoms. The predicted molar refractivity (Wildman–Crippen MR) is 70.4 cm³/mol. The zero-order valence-electron chi connectivity index (χ0n) is 11.2. The Hall–Kier alpha value is -2.10. The molecule has 4 atom stereocenters. The first-order valence-corrected chi connectivity index (χ1v) is 6.54. The second-order valence-electron chi connectivity index (χ2n) is 4.89. The summed E-state index contributed by atoms with van der Waals surface area (Å²) < 4.78 is 6.85. The van der Waals surface area contributed by atoms with Gasteiger partial charge in [-0.2, -0.15) is 0 Å². The average Bonchev–Trinajstić information content (AvgIpc) is 3.01. The number of nitro groups is 1. The number of non-ortho nitro benzene ring substituents is 1. The molecule has 2 heterocycles. The quantitative estimate of drug-likeness (QED) is 0.619. The van der Waals surface area contributed by atoms with Crippen LogP contribution >= 0.6 is 0 Å². The van der Waals surface area contributed by atoms with Gasteiger partial charge in [-0.25, -0.2) is 4.68 Å². The van der Waals surface area contributed by atoms with Crippen LogP contribution in [0, 0.1) is 10.1 Å². The Morgan fingerprint density at radius 3 is 2.81 bits per heavy atom. The van der Waals surface area contributed by atoms with Crippen molar-refractivity contribution in [2.75, 3.05) is 0 Å². The summed E-state index contributed by atoms with van der Waals surface area (Å²) in [5, 5.41) is 38.6. The predicted octanol–water partition coefficient (Wildman–Crippen LogP) is 0.369. The molecule has 1 fully saturated rings. The van der Waals surface area contributed by atoms with E-state index in [1.54, 1.807) is 6.07 Å². The Bertz CT molecular complexity index is 687. The van der Waals surface area contributed by atoms with Crippen LogP contribution in [0.3, 0.4) is 0 Å². The molecule has 0 saturated carbocycles. The van der Waals surface area contributed by atoms with Gasteiger partial charge in [0.15, 0.2) is 11.7 Å². The molecule has 0 radical (unpaired) electrons. The lowest BCUT2D eigenvalue weighted by Gasteiger charge is -2.15. The van der Waals surface area contributed by atoms with Crippen molar-refractivity contribution in [1.82, 2.24) is 15.0 Å². The first kappa shape index (κ1) is 13.9. The Labute approximate surface area is 118 Å². The van der Waals surface area contributed by atoms with Gasteiger partial charge in [0.25, 0.3) is 5.69 Å². The fraction of sp³-hybridized carbons (Fsp3) is 0.500. The van der Waals surface area contributed by atoms with E-state index in [1.807, 2.05) is 6.92 Å². The molecule has 0 bridgehead atoms. The van der Waals surface area contributed by atoms with Crippen molar-refractivity contribution in [3.63, 3.8) is 0 Å². The molecule has 1 aromatic carbocycles. The Kier molecular flexibility index (Phi) is 3.32. The highest BCUT2D eigenvalue weighted by atomic mass is 16.6. The smallest absolute Gasteiger partial charge is 0.299 e. The number of hydrogen-bond acceptors (Lipinski definition) is 7. The van der Waals surface area contributed by atoms with Gasteiger partial charge in [-0.15, -0.1) is 5.10 Å². The van der Waals surface area contributed by atoms with Crippen LogP contribution in [0.1, 0.15) is 19.6 Å². The SMILES string of the molecule is CC[C@H]1O[C@@H](n2nnc3c([N+](=O)[O-])cccc32)[C@H](O)[C@@H]1O. The van der Waals surface area contributed by atoms with Crippen LogP contribution in [-0.4, -0.2) is 48.4 Å². The molecule has 1 aromatic heterocycles. The third kappa shape index (κ3) is 2.06. The molecule has 1 aliphatic rings. The van der Waals surface area contributed by atoms with Crippen molar-refractivity contribution in [3.05, 3.63) is 28.3 Å².